The van der Waals surface area contributed by atoms with Crippen LogP contribution < -0.4 is 15.8 Å². The maximum Gasteiger partial charge on any atom is 0.224 e. The molecule has 0 fully saturated rings. The zero-order valence-electron chi connectivity index (χ0n) is 13.9. The van der Waals surface area contributed by atoms with E-state index in [0.29, 0.717) is 26.0 Å². The summed E-state index contributed by atoms with van der Waals surface area (Å²) in [5.41, 5.74) is 6.16. The van der Waals surface area contributed by atoms with Gasteiger partial charge in [0.1, 0.15) is 12.4 Å². The first-order valence-electron chi connectivity index (χ1n) is 7.64. The molecule has 0 aliphatic rings. The maximum atomic E-state index is 11.6. The molecule has 0 aromatic heterocycles. The highest BCUT2D eigenvalue weighted by Gasteiger charge is 2.03. The minimum Gasteiger partial charge on any atom is -0.492 e. The Kier molecular flexibility index (Phi) is 15.4. The molecular weight excluding hydrogens is 337 g/mol. The van der Waals surface area contributed by atoms with Crippen LogP contribution in [0.2, 0.25) is 0 Å². The first-order chi connectivity index (χ1) is 10.2. The van der Waals surface area contributed by atoms with Crippen LogP contribution in [0.1, 0.15) is 26.7 Å². The van der Waals surface area contributed by atoms with E-state index in [1.54, 1.807) is 0 Å². The summed E-state index contributed by atoms with van der Waals surface area (Å²) >= 11 is 0. The number of hydrogen-bond acceptors (Lipinski definition) is 4. The van der Waals surface area contributed by atoms with Crippen LogP contribution in [0.25, 0.3) is 0 Å². The Bertz CT molecular complexity index is 412. The van der Waals surface area contributed by atoms with E-state index in [0.717, 1.165) is 31.1 Å². The largest absolute Gasteiger partial charge is 0.492 e. The number of anilines is 1. The molecule has 0 atom stereocenters. The molecule has 23 heavy (non-hydrogen) atoms. The van der Waals surface area contributed by atoms with Gasteiger partial charge in [-0.25, -0.2) is 0 Å². The van der Waals surface area contributed by atoms with Gasteiger partial charge in [0.15, 0.2) is 0 Å². The fourth-order valence-electron chi connectivity index (χ4n) is 1.95. The highest BCUT2D eigenvalue weighted by atomic mass is 35.5. The minimum absolute atomic E-state index is 0. The van der Waals surface area contributed by atoms with Crippen LogP contribution in [-0.2, 0) is 4.79 Å². The van der Waals surface area contributed by atoms with Crippen LogP contribution >= 0.6 is 24.8 Å². The first kappa shape index (κ1) is 24.2. The van der Waals surface area contributed by atoms with Crippen LogP contribution in [0, 0.1) is 0 Å². The van der Waals surface area contributed by atoms with E-state index in [2.05, 4.69) is 24.1 Å². The summed E-state index contributed by atoms with van der Waals surface area (Å²) < 4.78 is 5.69. The number of rotatable bonds is 10. The number of amides is 1. The fourth-order valence-corrected chi connectivity index (χ4v) is 1.95. The van der Waals surface area contributed by atoms with Crippen LogP contribution in [0.5, 0.6) is 5.75 Å². The minimum atomic E-state index is -0.00403. The highest BCUT2D eigenvalue weighted by Crippen LogP contribution is 2.16. The van der Waals surface area contributed by atoms with Crippen molar-refractivity contribution in [2.45, 2.75) is 26.7 Å². The van der Waals surface area contributed by atoms with Crippen LogP contribution in [-0.4, -0.2) is 43.6 Å². The van der Waals surface area contributed by atoms with Crippen molar-refractivity contribution in [2.75, 3.05) is 38.1 Å². The van der Waals surface area contributed by atoms with E-state index >= 15 is 0 Å². The van der Waals surface area contributed by atoms with Crippen molar-refractivity contribution in [2.24, 2.45) is 5.73 Å². The van der Waals surface area contributed by atoms with E-state index in [-0.39, 0.29) is 30.7 Å². The van der Waals surface area contributed by atoms with Crippen LogP contribution in [0.4, 0.5) is 5.69 Å². The standard InChI is InChI=1S/C16H27N3O2.2ClH/c1-3-19(4-2)12-13-21-15-9-7-14(8-10-15)18-16(20)6-5-11-17;;/h7-10H,3-6,11-13,17H2,1-2H3,(H,18,20);2*1H. The van der Waals surface area contributed by atoms with Crippen molar-refractivity contribution in [3.8, 4) is 5.75 Å². The molecule has 134 valence electrons. The molecule has 3 N–H and O–H groups in total. The normalized spacial score (nSPS) is 9.74. The fraction of sp³-hybridized carbons (Fsp3) is 0.562. The van der Waals surface area contributed by atoms with Crippen molar-refractivity contribution >= 4 is 36.4 Å². The van der Waals surface area contributed by atoms with Gasteiger partial charge in [-0.2, -0.15) is 0 Å². The van der Waals surface area contributed by atoms with Gasteiger partial charge in [0.05, 0.1) is 0 Å². The van der Waals surface area contributed by atoms with Crippen LogP contribution in [0.3, 0.4) is 0 Å². The Morgan fingerprint density at radius 3 is 2.30 bits per heavy atom. The Hall–Kier alpha value is -1.01. The second kappa shape index (κ2) is 14.6. The second-order valence-electron chi connectivity index (χ2n) is 4.84. The number of nitrogens with two attached hydrogens (primary N) is 1. The molecule has 0 saturated carbocycles. The lowest BCUT2D eigenvalue weighted by Crippen LogP contribution is -2.27. The van der Waals surface area contributed by atoms with Gasteiger partial charge in [-0.15, -0.1) is 24.8 Å². The number of ether oxygens (including phenoxy) is 1. The molecule has 1 rings (SSSR count). The average Bonchev–Trinajstić information content (AvgIpc) is 2.51. The molecule has 0 unspecified atom stereocenters. The summed E-state index contributed by atoms with van der Waals surface area (Å²) in [6.45, 7) is 8.49. The summed E-state index contributed by atoms with van der Waals surface area (Å²) in [7, 11) is 0. The molecule has 7 heteroatoms. The summed E-state index contributed by atoms with van der Waals surface area (Å²) in [6.07, 6.45) is 1.16. The molecule has 5 nitrogen and oxygen atoms in total. The zero-order chi connectivity index (χ0) is 15.5. The van der Waals surface area contributed by atoms with Gasteiger partial charge in [-0.05, 0) is 50.3 Å². The third-order valence-electron chi connectivity index (χ3n) is 3.32. The average molecular weight is 366 g/mol. The molecule has 0 aliphatic carbocycles. The molecule has 0 radical (unpaired) electrons. The van der Waals surface area contributed by atoms with Gasteiger partial charge in [-0.1, -0.05) is 13.8 Å². The number of benzene rings is 1. The Morgan fingerprint density at radius 2 is 1.78 bits per heavy atom. The summed E-state index contributed by atoms with van der Waals surface area (Å²) in [5, 5.41) is 2.84. The third-order valence-corrected chi connectivity index (χ3v) is 3.32. The lowest BCUT2D eigenvalue weighted by atomic mass is 10.2. The van der Waals surface area contributed by atoms with E-state index in [4.69, 9.17) is 10.5 Å². The molecule has 0 saturated heterocycles. The molecule has 0 heterocycles. The predicted molar refractivity (Wildman–Crippen MR) is 101 cm³/mol. The molecular formula is C16H29Cl2N3O2. The van der Waals surface area contributed by atoms with Crippen molar-refractivity contribution in [3.05, 3.63) is 24.3 Å². The first-order valence-corrected chi connectivity index (χ1v) is 7.64. The SMILES string of the molecule is CCN(CC)CCOc1ccc(NC(=O)CCCN)cc1.Cl.Cl. The van der Waals surface area contributed by atoms with Crippen molar-refractivity contribution < 1.29 is 9.53 Å². The molecule has 0 bridgehead atoms. The lowest BCUT2D eigenvalue weighted by molar-refractivity contribution is -0.116. The van der Waals surface area contributed by atoms with Crippen molar-refractivity contribution in [1.29, 1.82) is 0 Å². The Balaban J connectivity index is 0. The predicted octanol–water partition coefficient (Wildman–Crippen LogP) is 2.93. The number of carbonyl (C=O) groups is 1. The Labute approximate surface area is 151 Å². The summed E-state index contributed by atoms with van der Waals surface area (Å²) in [4.78, 5) is 13.9. The van der Waals surface area contributed by atoms with E-state index < -0.39 is 0 Å². The van der Waals surface area contributed by atoms with Gasteiger partial charge >= 0.3 is 0 Å². The summed E-state index contributed by atoms with van der Waals surface area (Å²) in [6, 6.07) is 7.46. The van der Waals surface area contributed by atoms with E-state index in [1.165, 1.54) is 0 Å². The molecule has 0 spiro atoms. The van der Waals surface area contributed by atoms with Gasteiger partial charge < -0.3 is 20.7 Å². The smallest absolute Gasteiger partial charge is 0.224 e. The number of halogens is 2. The molecule has 1 aromatic carbocycles. The van der Waals surface area contributed by atoms with Gasteiger partial charge in [-0.3, -0.25) is 4.79 Å². The van der Waals surface area contributed by atoms with Gasteiger partial charge in [0.2, 0.25) is 5.91 Å². The number of nitrogens with zero attached hydrogens (tertiary/aromatic N) is 1. The number of nitrogens with one attached hydrogen (secondary N) is 1. The summed E-state index contributed by atoms with van der Waals surface area (Å²) in [5.74, 6) is 0.817. The Morgan fingerprint density at radius 1 is 1.17 bits per heavy atom. The zero-order valence-corrected chi connectivity index (χ0v) is 15.5. The number of hydrogen-bond donors (Lipinski definition) is 2. The third kappa shape index (κ3) is 10.4. The van der Waals surface area contributed by atoms with E-state index in [9.17, 15) is 4.79 Å². The van der Waals surface area contributed by atoms with Crippen LogP contribution in [0.15, 0.2) is 24.3 Å². The maximum absolute atomic E-state index is 11.6. The highest BCUT2D eigenvalue weighted by molar-refractivity contribution is 5.90. The number of likely N-dealkylation sites (N-methyl/N-ethyl adjacent to an activating group) is 1. The van der Waals surface area contributed by atoms with Gasteiger partial charge in [0, 0.05) is 18.7 Å². The lowest BCUT2D eigenvalue weighted by Gasteiger charge is -2.18. The van der Waals surface area contributed by atoms with Crippen molar-refractivity contribution in [3.63, 3.8) is 0 Å². The number of carbonyl (C=O) groups excluding carboxylic acids is 1. The quantitative estimate of drug-likeness (QED) is 0.668. The van der Waals surface area contributed by atoms with Gasteiger partial charge in [0.25, 0.3) is 0 Å². The molecule has 1 aromatic rings. The van der Waals surface area contributed by atoms with Crippen molar-refractivity contribution in [1.82, 2.24) is 4.90 Å². The van der Waals surface area contributed by atoms with E-state index in [1.807, 2.05) is 24.3 Å². The molecule has 0 aliphatic heterocycles. The monoisotopic (exact) mass is 365 g/mol. The second-order valence-corrected chi connectivity index (χ2v) is 4.84. The molecule has 1 amide bonds. The topological polar surface area (TPSA) is 67.6 Å².